The van der Waals surface area contributed by atoms with E-state index >= 15 is 0 Å². The molecule has 2 aliphatic rings. The summed E-state index contributed by atoms with van der Waals surface area (Å²) in [6.45, 7) is 6.91. The van der Waals surface area contributed by atoms with Gasteiger partial charge in [-0.3, -0.25) is 4.79 Å². The molecule has 1 heterocycles. The molecule has 92 valence electrons. The molecule has 2 heteroatoms. The summed E-state index contributed by atoms with van der Waals surface area (Å²) in [7, 11) is 1.91. The Bertz CT molecular complexity index is 392. The van der Waals surface area contributed by atoms with Gasteiger partial charge < -0.3 is 4.90 Å². The van der Waals surface area contributed by atoms with E-state index in [1.165, 1.54) is 11.1 Å². The van der Waals surface area contributed by atoms with Gasteiger partial charge in [0, 0.05) is 25.4 Å². The summed E-state index contributed by atoms with van der Waals surface area (Å²) in [6, 6.07) is 0. The number of fused-ring (bicyclic) bond motifs is 1. The number of likely N-dealkylation sites (tertiary alicyclic amines) is 1. The first-order valence-corrected chi connectivity index (χ1v) is 6.46. The van der Waals surface area contributed by atoms with Gasteiger partial charge in [0.2, 0.25) is 5.91 Å². The number of allylic oxidation sites excluding steroid dienone is 4. The number of nitrogens with zero attached hydrogens (tertiary/aromatic N) is 1. The van der Waals surface area contributed by atoms with Crippen LogP contribution in [0.1, 0.15) is 26.2 Å². The summed E-state index contributed by atoms with van der Waals surface area (Å²) in [5.74, 6) is 0.915. The van der Waals surface area contributed by atoms with Crippen molar-refractivity contribution >= 4 is 5.91 Å². The summed E-state index contributed by atoms with van der Waals surface area (Å²) >= 11 is 0. The number of carbonyl (C=O) groups is 1. The van der Waals surface area contributed by atoms with Crippen LogP contribution in [-0.4, -0.2) is 24.4 Å². The Morgan fingerprint density at radius 1 is 1.47 bits per heavy atom. The van der Waals surface area contributed by atoms with Crippen molar-refractivity contribution in [3.63, 3.8) is 0 Å². The molecule has 0 spiro atoms. The van der Waals surface area contributed by atoms with Crippen LogP contribution in [0.2, 0.25) is 0 Å². The molecule has 0 bridgehead atoms. The molecule has 2 rings (SSSR count). The molecule has 0 aromatic carbocycles. The molecule has 0 aromatic heterocycles. The first kappa shape index (κ1) is 12.2. The van der Waals surface area contributed by atoms with E-state index in [0.29, 0.717) is 11.8 Å². The Hall–Kier alpha value is -1.31. The number of amides is 1. The molecule has 1 saturated heterocycles. The number of rotatable bonds is 3. The highest BCUT2D eigenvalue weighted by molar-refractivity contribution is 5.82. The molecule has 2 nitrogen and oxygen atoms in total. The third kappa shape index (κ3) is 2.08. The van der Waals surface area contributed by atoms with Crippen molar-refractivity contribution < 1.29 is 4.79 Å². The Morgan fingerprint density at radius 2 is 2.24 bits per heavy atom. The Kier molecular flexibility index (Phi) is 3.51. The van der Waals surface area contributed by atoms with Gasteiger partial charge >= 0.3 is 0 Å². The van der Waals surface area contributed by atoms with Crippen LogP contribution in [0.3, 0.4) is 0 Å². The van der Waals surface area contributed by atoms with E-state index in [1.807, 2.05) is 18.0 Å². The number of carbonyl (C=O) groups excluding carboxylic acids is 1. The zero-order valence-electron chi connectivity index (χ0n) is 10.8. The van der Waals surface area contributed by atoms with Gasteiger partial charge in [-0.05, 0) is 30.4 Å². The minimum atomic E-state index is 0.209. The van der Waals surface area contributed by atoms with Gasteiger partial charge in [-0.15, -0.1) is 0 Å². The van der Waals surface area contributed by atoms with Crippen LogP contribution in [0.25, 0.3) is 0 Å². The van der Waals surface area contributed by atoms with Crippen LogP contribution in [-0.2, 0) is 4.79 Å². The van der Waals surface area contributed by atoms with Crippen molar-refractivity contribution in [3.05, 3.63) is 36.0 Å². The van der Waals surface area contributed by atoms with E-state index in [0.717, 1.165) is 25.8 Å². The average molecular weight is 231 g/mol. The fourth-order valence-corrected chi connectivity index (χ4v) is 3.00. The fourth-order valence-electron chi connectivity index (χ4n) is 3.00. The highest BCUT2D eigenvalue weighted by Gasteiger charge is 2.42. The van der Waals surface area contributed by atoms with Crippen molar-refractivity contribution in [1.82, 2.24) is 4.90 Å². The summed E-state index contributed by atoms with van der Waals surface area (Å²) in [6.07, 6.45) is 9.38. The van der Waals surface area contributed by atoms with Crippen LogP contribution in [0.5, 0.6) is 0 Å². The molecule has 1 aliphatic heterocycles. The second kappa shape index (κ2) is 4.91. The predicted octanol–water partition coefficient (Wildman–Crippen LogP) is 2.93. The molecule has 1 amide bonds. The standard InChI is InChI=1S/C15H21NO/c1-4-6-7-12-11(5-2)8-9-13-14(12)10-16(3)15(13)17/h5-7,13-14H,2,4,8-10H2,1,3H3/b7-6-. The number of hydrogen-bond donors (Lipinski definition) is 0. The van der Waals surface area contributed by atoms with E-state index in [4.69, 9.17) is 0 Å². The van der Waals surface area contributed by atoms with Crippen LogP contribution in [0.4, 0.5) is 0 Å². The SMILES string of the molecule is C=CC1=C(/C=C\CC)C2CN(C)C(=O)C2CC1. The molecular formula is C15H21NO. The molecule has 0 saturated carbocycles. The van der Waals surface area contributed by atoms with Crippen molar-refractivity contribution in [1.29, 1.82) is 0 Å². The fraction of sp³-hybridized carbons (Fsp3) is 0.533. The van der Waals surface area contributed by atoms with E-state index in [-0.39, 0.29) is 5.92 Å². The van der Waals surface area contributed by atoms with Gasteiger partial charge in [-0.25, -0.2) is 0 Å². The molecule has 0 aromatic rings. The van der Waals surface area contributed by atoms with E-state index in [1.54, 1.807) is 0 Å². The maximum absolute atomic E-state index is 12.0. The van der Waals surface area contributed by atoms with Gasteiger partial charge in [0.15, 0.2) is 0 Å². The molecule has 0 N–H and O–H groups in total. The second-order valence-corrected chi connectivity index (χ2v) is 4.97. The maximum atomic E-state index is 12.0. The highest BCUT2D eigenvalue weighted by Crippen LogP contribution is 2.41. The Balaban J connectivity index is 2.34. The van der Waals surface area contributed by atoms with E-state index < -0.39 is 0 Å². The Labute approximate surface area is 104 Å². The smallest absolute Gasteiger partial charge is 0.226 e. The maximum Gasteiger partial charge on any atom is 0.226 e. The van der Waals surface area contributed by atoms with Gasteiger partial charge in [-0.2, -0.15) is 0 Å². The van der Waals surface area contributed by atoms with Gasteiger partial charge in [0.25, 0.3) is 0 Å². The van der Waals surface area contributed by atoms with Crippen molar-refractivity contribution in [3.8, 4) is 0 Å². The zero-order chi connectivity index (χ0) is 12.4. The molecular weight excluding hydrogens is 210 g/mol. The minimum Gasteiger partial charge on any atom is -0.345 e. The van der Waals surface area contributed by atoms with Crippen molar-refractivity contribution in [2.75, 3.05) is 13.6 Å². The van der Waals surface area contributed by atoms with Crippen LogP contribution >= 0.6 is 0 Å². The topological polar surface area (TPSA) is 20.3 Å². The summed E-state index contributed by atoms with van der Waals surface area (Å²) in [4.78, 5) is 13.9. The van der Waals surface area contributed by atoms with Gasteiger partial charge in [0.05, 0.1) is 0 Å². The molecule has 2 unspecified atom stereocenters. The van der Waals surface area contributed by atoms with E-state index in [2.05, 4.69) is 25.7 Å². The molecule has 0 radical (unpaired) electrons. The molecule has 17 heavy (non-hydrogen) atoms. The molecule has 1 fully saturated rings. The lowest BCUT2D eigenvalue weighted by atomic mass is 9.76. The largest absolute Gasteiger partial charge is 0.345 e. The van der Waals surface area contributed by atoms with Crippen LogP contribution in [0.15, 0.2) is 36.0 Å². The lowest BCUT2D eigenvalue weighted by Gasteiger charge is -2.26. The molecule has 2 atom stereocenters. The lowest BCUT2D eigenvalue weighted by molar-refractivity contribution is -0.130. The van der Waals surface area contributed by atoms with Crippen LogP contribution < -0.4 is 0 Å². The minimum absolute atomic E-state index is 0.209. The number of hydrogen-bond acceptors (Lipinski definition) is 1. The zero-order valence-corrected chi connectivity index (χ0v) is 10.8. The molecule has 1 aliphatic carbocycles. The van der Waals surface area contributed by atoms with Crippen molar-refractivity contribution in [2.45, 2.75) is 26.2 Å². The summed E-state index contributed by atoms with van der Waals surface area (Å²) in [5.41, 5.74) is 2.68. The third-order valence-corrected chi connectivity index (χ3v) is 3.92. The summed E-state index contributed by atoms with van der Waals surface area (Å²) in [5, 5.41) is 0. The predicted molar refractivity (Wildman–Crippen MR) is 70.5 cm³/mol. The third-order valence-electron chi connectivity index (χ3n) is 3.92. The van der Waals surface area contributed by atoms with Crippen molar-refractivity contribution in [2.24, 2.45) is 11.8 Å². The quantitative estimate of drug-likeness (QED) is 0.731. The highest BCUT2D eigenvalue weighted by atomic mass is 16.2. The lowest BCUT2D eigenvalue weighted by Crippen LogP contribution is -2.24. The van der Waals surface area contributed by atoms with Gasteiger partial charge in [-0.1, -0.05) is 31.7 Å². The second-order valence-electron chi connectivity index (χ2n) is 4.97. The summed E-state index contributed by atoms with van der Waals surface area (Å²) < 4.78 is 0. The first-order chi connectivity index (χ1) is 8.19. The monoisotopic (exact) mass is 231 g/mol. The van der Waals surface area contributed by atoms with Crippen LogP contribution in [0, 0.1) is 11.8 Å². The van der Waals surface area contributed by atoms with Gasteiger partial charge in [0.1, 0.15) is 0 Å². The average Bonchev–Trinajstić information content (AvgIpc) is 2.63. The van der Waals surface area contributed by atoms with E-state index in [9.17, 15) is 4.79 Å². The first-order valence-electron chi connectivity index (χ1n) is 6.46. The normalized spacial score (nSPS) is 29.1. The Morgan fingerprint density at radius 3 is 2.88 bits per heavy atom.